The van der Waals surface area contributed by atoms with Crippen molar-refractivity contribution in [3.05, 3.63) is 29.6 Å². The Morgan fingerprint density at radius 1 is 0.820 bits per heavy atom. The van der Waals surface area contributed by atoms with Gasteiger partial charge in [-0.25, -0.2) is 4.79 Å². The number of carboxylic acid groups (broad SMARTS) is 1. The number of aromatic nitrogens is 1. The number of amides is 7. The third-order valence-corrected chi connectivity index (χ3v) is 11.9. The molecule has 5 atom stereocenters. The molecular formula is C42H60N8O11. The Kier molecular flexibility index (Phi) is 17.0. The fraction of sp³-hybridized carbons (Fsp3) is 0.643. The molecule has 2 saturated carbocycles. The largest absolute Gasteiger partial charge is 0.478 e. The lowest BCUT2D eigenvalue weighted by Crippen LogP contribution is -2.65. The molecule has 0 aromatic carbocycles. The predicted octanol–water partition coefficient (Wildman–Crippen LogP) is 0.680. The second kappa shape index (κ2) is 21.7. The highest BCUT2D eigenvalue weighted by atomic mass is 16.4. The minimum absolute atomic E-state index is 0.0407. The Bertz CT molecular complexity index is 1850. The van der Waals surface area contributed by atoms with Gasteiger partial charge in [-0.1, -0.05) is 59.3 Å². The Morgan fingerprint density at radius 3 is 1.98 bits per heavy atom. The summed E-state index contributed by atoms with van der Waals surface area (Å²) in [5, 5.41) is 22.6. The molecule has 334 valence electrons. The second-order valence-electron chi connectivity index (χ2n) is 17.3. The van der Waals surface area contributed by atoms with Gasteiger partial charge in [-0.05, 0) is 61.8 Å². The topological polar surface area (TPSA) is 293 Å². The molecule has 3 aliphatic rings. The van der Waals surface area contributed by atoms with Gasteiger partial charge < -0.3 is 42.3 Å². The highest BCUT2D eigenvalue weighted by Gasteiger charge is 2.45. The van der Waals surface area contributed by atoms with Gasteiger partial charge >= 0.3 is 5.97 Å². The standard InChI is InChI=1S/C42H60N8O11/c1-42(2,3)33(49-36(55)28(16-18-30(52)38(57)44-4)46-35(54)26-19-20-45-21-27(26)41(60)61)40(59)50-22-25(51)15-17-29(50)37(56)48-32(24-13-9-6-10-14-24)39(58)47-31(34(43)53)23-11-7-5-8-12-23/h19-21,23-24,28-29,31-33H,5-18,22H2,1-4H3,(H2,43,53)(H,44,57)(H,46,54)(H,47,58)(H,48,56)(H,49,55)(H,60,61)/t28-,29-,31-,32-,33+/m0/s1. The van der Waals surface area contributed by atoms with Crippen LogP contribution >= 0.6 is 0 Å². The number of primary amides is 1. The molecule has 61 heavy (non-hydrogen) atoms. The quantitative estimate of drug-likeness (QED) is 0.107. The molecule has 1 aromatic rings. The van der Waals surface area contributed by atoms with Crippen molar-refractivity contribution in [1.29, 1.82) is 0 Å². The first-order valence-electron chi connectivity index (χ1n) is 21.1. The molecule has 1 aliphatic heterocycles. The van der Waals surface area contributed by atoms with Crippen molar-refractivity contribution in [3.8, 4) is 0 Å². The van der Waals surface area contributed by atoms with Crippen molar-refractivity contribution in [1.82, 2.24) is 36.5 Å². The monoisotopic (exact) mass is 852 g/mol. The van der Waals surface area contributed by atoms with Crippen molar-refractivity contribution >= 4 is 58.9 Å². The van der Waals surface area contributed by atoms with Gasteiger partial charge in [0, 0.05) is 32.3 Å². The molecule has 2 heterocycles. The lowest BCUT2D eigenvalue weighted by atomic mass is 9.81. The molecule has 19 heteroatoms. The van der Waals surface area contributed by atoms with Gasteiger partial charge in [-0.3, -0.25) is 48.1 Å². The number of rotatable bonds is 17. The first-order valence-corrected chi connectivity index (χ1v) is 21.1. The summed E-state index contributed by atoms with van der Waals surface area (Å²) in [6, 6.07) is -5.11. The van der Waals surface area contributed by atoms with E-state index in [4.69, 9.17) is 5.73 Å². The van der Waals surface area contributed by atoms with Crippen molar-refractivity contribution in [3.63, 3.8) is 0 Å². The fourth-order valence-electron chi connectivity index (χ4n) is 8.44. The molecule has 19 nitrogen and oxygen atoms in total. The van der Waals surface area contributed by atoms with E-state index in [9.17, 15) is 53.1 Å². The third kappa shape index (κ3) is 12.9. The Hall–Kier alpha value is -5.75. The summed E-state index contributed by atoms with van der Waals surface area (Å²) in [5.41, 5.74) is 3.88. The van der Waals surface area contributed by atoms with Crippen LogP contribution in [0.3, 0.4) is 0 Å². The molecule has 0 bridgehead atoms. The van der Waals surface area contributed by atoms with Crippen molar-refractivity contribution < 1.29 is 53.1 Å². The molecule has 4 rings (SSSR count). The lowest BCUT2D eigenvalue weighted by Gasteiger charge is -2.41. The molecule has 0 unspecified atom stereocenters. The number of Topliss-reactive ketones (excluding diaryl/α,β-unsaturated/α-hetero) is 2. The summed E-state index contributed by atoms with van der Waals surface area (Å²) in [5.74, 6) is -8.78. The van der Waals surface area contributed by atoms with Gasteiger partial charge in [-0.2, -0.15) is 0 Å². The van der Waals surface area contributed by atoms with Gasteiger partial charge in [0.25, 0.3) is 11.8 Å². The van der Waals surface area contributed by atoms with Crippen LogP contribution in [0.4, 0.5) is 0 Å². The number of ketones is 2. The lowest BCUT2D eigenvalue weighted by molar-refractivity contribution is -0.151. The van der Waals surface area contributed by atoms with E-state index in [2.05, 4.69) is 31.6 Å². The van der Waals surface area contributed by atoms with Crippen molar-refractivity contribution in [2.45, 2.75) is 141 Å². The van der Waals surface area contributed by atoms with Crippen LogP contribution in [-0.4, -0.2) is 118 Å². The third-order valence-electron chi connectivity index (χ3n) is 11.9. The average Bonchev–Trinajstić information content (AvgIpc) is 3.24. The average molecular weight is 853 g/mol. The molecule has 2 aliphatic carbocycles. The van der Waals surface area contributed by atoms with E-state index in [1.807, 2.05) is 0 Å². The molecule has 1 aromatic heterocycles. The maximum atomic E-state index is 14.6. The van der Waals surface area contributed by atoms with Crippen LogP contribution in [0.15, 0.2) is 18.5 Å². The number of likely N-dealkylation sites (N-methyl/N-ethyl adjacent to an activating group) is 1. The van der Waals surface area contributed by atoms with E-state index in [-0.39, 0.29) is 36.0 Å². The zero-order valence-corrected chi connectivity index (χ0v) is 35.4. The smallest absolute Gasteiger partial charge is 0.338 e. The number of hydrogen-bond donors (Lipinski definition) is 7. The van der Waals surface area contributed by atoms with Crippen LogP contribution in [0.25, 0.3) is 0 Å². The Morgan fingerprint density at radius 2 is 1.43 bits per heavy atom. The minimum atomic E-state index is -1.58. The number of piperidine rings is 1. The number of hydrogen-bond acceptors (Lipinski definition) is 11. The van der Waals surface area contributed by atoms with Crippen LogP contribution in [0, 0.1) is 17.3 Å². The summed E-state index contributed by atoms with van der Waals surface area (Å²) in [4.78, 5) is 137. The highest BCUT2D eigenvalue weighted by molar-refractivity contribution is 6.36. The number of likely N-dealkylation sites (tertiary alicyclic amines) is 1. The summed E-state index contributed by atoms with van der Waals surface area (Å²) in [7, 11) is 1.24. The van der Waals surface area contributed by atoms with E-state index in [1.165, 1.54) is 13.2 Å². The molecule has 0 spiro atoms. The van der Waals surface area contributed by atoms with Crippen LogP contribution in [0.1, 0.15) is 131 Å². The van der Waals surface area contributed by atoms with Crippen LogP contribution in [-0.2, 0) is 38.4 Å². The van der Waals surface area contributed by atoms with E-state index >= 15 is 0 Å². The SMILES string of the molecule is CNC(=O)C(=O)CC[C@H](NC(=O)c1ccncc1C(=O)O)C(=O)N[C@H](C(=O)N1CC(=O)CC[C@H]1C(=O)N[C@H](C(=O)N[C@H](C(N)=O)C1CCCCC1)C1CCCCC1)C(C)(C)C. The van der Waals surface area contributed by atoms with E-state index < -0.39 is 114 Å². The summed E-state index contributed by atoms with van der Waals surface area (Å²) in [6.45, 7) is 4.40. The summed E-state index contributed by atoms with van der Waals surface area (Å²) in [6.07, 6.45) is 9.21. The minimum Gasteiger partial charge on any atom is -0.478 e. The number of carboxylic acids is 1. The van der Waals surface area contributed by atoms with E-state index in [0.717, 1.165) is 68.5 Å². The zero-order valence-electron chi connectivity index (χ0n) is 35.4. The molecule has 8 N–H and O–H groups in total. The molecule has 0 radical (unpaired) electrons. The second-order valence-corrected chi connectivity index (χ2v) is 17.3. The van der Waals surface area contributed by atoms with Crippen LogP contribution < -0.4 is 32.3 Å². The van der Waals surface area contributed by atoms with Crippen LogP contribution in [0.2, 0.25) is 0 Å². The Labute approximate surface area is 354 Å². The Balaban J connectivity index is 1.60. The number of nitrogens with one attached hydrogen (secondary N) is 5. The van der Waals surface area contributed by atoms with E-state index in [0.29, 0.717) is 12.8 Å². The maximum absolute atomic E-state index is 14.6. The maximum Gasteiger partial charge on any atom is 0.338 e. The number of carbonyl (C=O) groups excluding carboxylic acids is 9. The van der Waals surface area contributed by atoms with Gasteiger partial charge in [0.1, 0.15) is 30.2 Å². The first-order chi connectivity index (χ1) is 28.8. The summed E-state index contributed by atoms with van der Waals surface area (Å²) < 4.78 is 0. The van der Waals surface area contributed by atoms with Gasteiger partial charge in [-0.15, -0.1) is 0 Å². The van der Waals surface area contributed by atoms with E-state index in [1.54, 1.807) is 20.8 Å². The summed E-state index contributed by atoms with van der Waals surface area (Å²) >= 11 is 0. The zero-order chi connectivity index (χ0) is 45.0. The van der Waals surface area contributed by atoms with Gasteiger partial charge in [0.15, 0.2) is 5.78 Å². The number of pyridine rings is 1. The van der Waals surface area contributed by atoms with Crippen molar-refractivity contribution in [2.75, 3.05) is 13.6 Å². The van der Waals surface area contributed by atoms with Gasteiger partial charge in [0.2, 0.25) is 35.3 Å². The molecule has 1 saturated heterocycles. The number of aromatic carboxylic acids is 1. The first kappa shape index (κ1) is 47.9. The fourth-order valence-corrected chi connectivity index (χ4v) is 8.44. The van der Waals surface area contributed by atoms with Gasteiger partial charge in [0.05, 0.1) is 17.7 Å². The predicted molar refractivity (Wildman–Crippen MR) is 218 cm³/mol. The number of carbonyl (C=O) groups is 10. The van der Waals surface area contributed by atoms with Crippen molar-refractivity contribution in [2.24, 2.45) is 23.0 Å². The van der Waals surface area contributed by atoms with Crippen LogP contribution in [0.5, 0.6) is 0 Å². The number of nitrogens with two attached hydrogens (primary N) is 1. The molecule has 3 fully saturated rings. The molecule has 7 amide bonds. The number of nitrogens with zero attached hydrogens (tertiary/aromatic N) is 2. The normalized spacial score (nSPS) is 19.6. The molecular weight excluding hydrogens is 793 g/mol. The highest BCUT2D eigenvalue weighted by Crippen LogP contribution is 2.30.